The van der Waals surface area contributed by atoms with Crippen LogP contribution >= 0.6 is 23.4 Å². The van der Waals surface area contributed by atoms with Gasteiger partial charge in [0.25, 0.3) is 0 Å². The largest absolute Gasteiger partial charge is 0.325 e. The fourth-order valence-corrected chi connectivity index (χ4v) is 4.28. The number of rotatable bonds is 3. The Bertz CT molecular complexity index is 988. The van der Waals surface area contributed by atoms with E-state index in [2.05, 4.69) is 20.9 Å². The lowest BCUT2D eigenvalue weighted by Crippen LogP contribution is -2.41. The molecule has 0 saturated carbocycles. The number of anilines is 1. The molecule has 2 aromatic carbocycles. The summed E-state index contributed by atoms with van der Waals surface area (Å²) < 4.78 is 1.83. The minimum Gasteiger partial charge on any atom is -0.325 e. The molecule has 3 aromatic rings. The number of aryl methyl sites for hydroxylation is 2. The van der Waals surface area contributed by atoms with E-state index in [9.17, 15) is 4.79 Å². The lowest BCUT2D eigenvalue weighted by Gasteiger charge is -2.32. The first kappa shape index (κ1) is 17.9. The number of carbonyl (C=O) groups excluding carboxylic acids is 1. The summed E-state index contributed by atoms with van der Waals surface area (Å²) in [6.45, 7) is 3.92. The number of hydrogen-bond acceptors (Lipinski definition) is 5. The van der Waals surface area contributed by atoms with E-state index >= 15 is 0 Å². The molecule has 4 rings (SSSR count). The quantitative estimate of drug-likeness (QED) is 0.697. The predicted octanol–water partition coefficient (Wildman–Crippen LogP) is 3.95. The van der Waals surface area contributed by atoms with E-state index in [-0.39, 0.29) is 11.9 Å². The maximum atomic E-state index is 13.1. The van der Waals surface area contributed by atoms with Crippen LogP contribution in [-0.2, 0) is 4.79 Å². The number of benzene rings is 2. The summed E-state index contributed by atoms with van der Waals surface area (Å²) in [7, 11) is 0. The van der Waals surface area contributed by atoms with Crippen LogP contribution in [0.2, 0.25) is 5.02 Å². The summed E-state index contributed by atoms with van der Waals surface area (Å²) in [6.07, 6.45) is 0. The molecule has 2 N–H and O–H groups in total. The Hall–Kier alpha value is -2.51. The maximum absolute atomic E-state index is 13.1. The molecule has 1 aliphatic rings. The van der Waals surface area contributed by atoms with Gasteiger partial charge in [0.05, 0.1) is 6.04 Å². The van der Waals surface area contributed by atoms with Crippen LogP contribution in [-0.4, -0.2) is 26.0 Å². The number of carbonyl (C=O) groups is 1. The first-order chi connectivity index (χ1) is 13.0. The first-order valence-corrected chi connectivity index (χ1v) is 9.75. The Labute approximate surface area is 166 Å². The number of nitrogens with zero attached hydrogens (tertiary/aromatic N) is 3. The molecule has 0 radical (unpaired) electrons. The Morgan fingerprint density at radius 1 is 1.19 bits per heavy atom. The number of fused-ring (bicyclic) bond motifs is 1. The van der Waals surface area contributed by atoms with Crippen LogP contribution in [0.1, 0.15) is 23.0 Å². The number of amides is 1. The van der Waals surface area contributed by atoms with E-state index in [1.54, 1.807) is 12.1 Å². The lowest BCUT2D eigenvalue weighted by atomic mass is 10.0. The number of aromatic nitrogens is 3. The van der Waals surface area contributed by atoms with Crippen molar-refractivity contribution in [3.05, 3.63) is 70.5 Å². The lowest BCUT2D eigenvalue weighted by molar-refractivity contribution is -0.116. The van der Waals surface area contributed by atoms with Gasteiger partial charge in [-0.1, -0.05) is 59.3 Å². The number of nitrogens with one attached hydrogen (secondary N) is 2. The molecule has 2 atom stereocenters. The second-order valence-electron chi connectivity index (χ2n) is 6.42. The Balaban J connectivity index is 1.66. The third-order valence-corrected chi connectivity index (χ3v) is 5.84. The van der Waals surface area contributed by atoms with Crippen molar-refractivity contribution in [2.75, 3.05) is 10.7 Å². The van der Waals surface area contributed by atoms with Crippen LogP contribution in [0, 0.1) is 13.8 Å². The molecule has 0 saturated heterocycles. The third-order valence-electron chi connectivity index (χ3n) is 4.39. The predicted molar refractivity (Wildman–Crippen MR) is 108 cm³/mol. The fraction of sp³-hybridized carbons (Fsp3) is 0.211. The van der Waals surface area contributed by atoms with E-state index in [1.807, 2.05) is 54.9 Å². The minimum absolute atomic E-state index is 0.118. The van der Waals surface area contributed by atoms with Crippen molar-refractivity contribution in [2.24, 2.45) is 0 Å². The van der Waals surface area contributed by atoms with Gasteiger partial charge in [0.2, 0.25) is 11.1 Å². The number of thioether (sulfide) groups is 1. The van der Waals surface area contributed by atoms with Crippen molar-refractivity contribution in [1.82, 2.24) is 14.9 Å². The highest BCUT2D eigenvalue weighted by molar-refractivity contribution is 8.00. The van der Waals surface area contributed by atoms with Crippen molar-refractivity contribution >= 4 is 35.0 Å². The van der Waals surface area contributed by atoms with Gasteiger partial charge in [-0.3, -0.25) is 4.79 Å². The van der Waals surface area contributed by atoms with Gasteiger partial charge in [-0.2, -0.15) is 0 Å². The van der Waals surface area contributed by atoms with Gasteiger partial charge in [-0.05, 0) is 37.6 Å². The van der Waals surface area contributed by atoms with Gasteiger partial charge in [-0.15, -0.1) is 10.2 Å². The molecule has 0 unspecified atom stereocenters. The van der Waals surface area contributed by atoms with Crippen LogP contribution in [0.4, 0.5) is 5.69 Å². The molecular formula is C19H18ClN5OS. The Morgan fingerprint density at radius 3 is 2.70 bits per heavy atom. The van der Waals surface area contributed by atoms with Crippen LogP contribution in [0.5, 0.6) is 0 Å². The summed E-state index contributed by atoms with van der Waals surface area (Å²) >= 11 is 7.43. The molecule has 0 aliphatic carbocycles. The number of hydrogen-bond donors (Lipinski definition) is 2. The zero-order valence-corrected chi connectivity index (χ0v) is 16.4. The Kier molecular flexibility index (Phi) is 4.80. The molecule has 8 heteroatoms. The molecule has 0 bridgehead atoms. The van der Waals surface area contributed by atoms with E-state index < -0.39 is 5.25 Å². The minimum atomic E-state index is -0.414. The van der Waals surface area contributed by atoms with Crippen molar-refractivity contribution in [3.63, 3.8) is 0 Å². The van der Waals surface area contributed by atoms with E-state index in [4.69, 9.17) is 11.6 Å². The zero-order chi connectivity index (χ0) is 19.0. The molecule has 138 valence electrons. The van der Waals surface area contributed by atoms with Gasteiger partial charge >= 0.3 is 0 Å². The highest BCUT2D eigenvalue weighted by Crippen LogP contribution is 2.37. The van der Waals surface area contributed by atoms with E-state index in [0.29, 0.717) is 15.9 Å². The van der Waals surface area contributed by atoms with E-state index in [1.165, 1.54) is 17.3 Å². The summed E-state index contributed by atoms with van der Waals surface area (Å²) in [5.74, 6) is 0.635. The molecule has 6 nitrogen and oxygen atoms in total. The topological polar surface area (TPSA) is 71.8 Å². The standard InChI is InChI=1S/C19H18ClN5OS/c1-11-6-8-13(9-7-11)16-17(27-19-23-22-12(2)25(19)24-16)18(26)21-15-5-3-4-14(20)10-15/h3-10,16-17,24H,1-2H3,(H,21,26)/t16-,17+/m0/s1. The van der Waals surface area contributed by atoms with Crippen LogP contribution in [0.25, 0.3) is 0 Å². The average molecular weight is 400 g/mol. The van der Waals surface area contributed by atoms with Gasteiger partial charge in [-0.25, -0.2) is 4.68 Å². The van der Waals surface area contributed by atoms with Gasteiger partial charge in [0, 0.05) is 10.7 Å². The van der Waals surface area contributed by atoms with Gasteiger partial charge in [0.15, 0.2) is 0 Å². The first-order valence-electron chi connectivity index (χ1n) is 8.49. The molecule has 27 heavy (non-hydrogen) atoms. The third kappa shape index (κ3) is 3.65. The van der Waals surface area contributed by atoms with Crippen molar-refractivity contribution in [1.29, 1.82) is 0 Å². The molecule has 1 amide bonds. The van der Waals surface area contributed by atoms with E-state index in [0.717, 1.165) is 11.4 Å². The van der Waals surface area contributed by atoms with Crippen LogP contribution < -0.4 is 10.7 Å². The normalized spacial score (nSPS) is 18.5. The summed E-state index contributed by atoms with van der Waals surface area (Å²) in [5.41, 5.74) is 6.25. The maximum Gasteiger partial charge on any atom is 0.240 e. The SMILES string of the molecule is Cc1ccc([C@@H]2Nn3c(C)nnc3S[C@H]2C(=O)Nc2cccc(Cl)c2)cc1. The van der Waals surface area contributed by atoms with Gasteiger partial charge in [0.1, 0.15) is 11.1 Å². The molecule has 0 spiro atoms. The van der Waals surface area contributed by atoms with Crippen LogP contribution in [0.3, 0.4) is 0 Å². The highest BCUT2D eigenvalue weighted by Gasteiger charge is 2.37. The smallest absolute Gasteiger partial charge is 0.240 e. The molecule has 2 heterocycles. The highest BCUT2D eigenvalue weighted by atomic mass is 35.5. The van der Waals surface area contributed by atoms with Crippen molar-refractivity contribution in [3.8, 4) is 0 Å². The van der Waals surface area contributed by atoms with Gasteiger partial charge < -0.3 is 10.7 Å². The summed E-state index contributed by atoms with van der Waals surface area (Å²) in [6, 6.07) is 15.1. The van der Waals surface area contributed by atoms with Crippen molar-refractivity contribution < 1.29 is 4.79 Å². The molecule has 1 aliphatic heterocycles. The second-order valence-corrected chi connectivity index (χ2v) is 7.97. The fourth-order valence-electron chi connectivity index (χ4n) is 2.96. The zero-order valence-electron chi connectivity index (χ0n) is 14.8. The monoisotopic (exact) mass is 399 g/mol. The molecule has 1 aromatic heterocycles. The molecular weight excluding hydrogens is 382 g/mol. The molecule has 0 fully saturated rings. The second kappa shape index (κ2) is 7.25. The van der Waals surface area contributed by atoms with Crippen molar-refractivity contribution in [2.45, 2.75) is 30.3 Å². The number of halogens is 1. The van der Waals surface area contributed by atoms with Crippen LogP contribution in [0.15, 0.2) is 53.7 Å². The summed E-state index contributed by atoms with van der Waals surface area (Å²) in [5, 5.41) is 12.1. The summed E-state index contributed by atoms with van der Waals surface area (Å²) in [4.78, 5) is 13.1. The Morgan fingerprint density at radius 2 is 1.96 bits per heavy atom. The average Bonchev–Trinajstić information content (AvgIpc) is 3.02.